The fourth-order valence-electron chi connectivity index (χ4n) is 2.84. The molecule has 3 aromatic carbocycles. The minimum atomic E-state index is -0.519. The zero-order valence-corrected chi connectivity index (χ0v) is 12.7. The molecule has 22 heavy (non-hydrogen) atoms. The number of rotatable bonds is 0. The van der Waals surface area contributed by atoms with Crippen LogP contribution in [0.15, 0.2) is 42.5 Å². The topological polar surface area (TPSA) is 34.1 Å². The second-order valence-corrected chi connectivity index (χ2v) is 5.94. The molecule has 0 radical (unpaired) electrons. The fourth-order valence-corrected chi connectivity index (χ4v) is 3.49. The van der Waals surface area contributed by atoms with Crippen LogP contribution in [-0.4, -0.2) is 11.6 Å². The van der Waals surface area contributed by atoms with Gasteiger partial charge < -0.3 is 0 Å². The lowest BCUT2D eigenvalue weighted by atomic mass is 9.91. The van der Waals surface area contributed by atoms with Crippen LogP contribution in [0.25, 0.3) is 27.6 Å². The van der Waals surface area contributed by atoms with Crippen molar-refractivity contribution in [1.82, 2.24) is 0 Å². The van der Waals surface area contributed by atoms with Crippen molar-refractivity contribution in [1.29, 1.82) is 0 Å². The van der Waals surface area contributed by atoms with Gasteiger partial charge in [0.05, 0.1) is 10.0 Å². The van der Waals surface area contributed by atoms with Gasteiger partial charge in [-0.15, -0.1) is 0 Å². The zero-order valence-electron chi connectivity index (χ0n) is 11.2. The summed E-state index contributed by atoms with van der Waals surface area (Å²) in [5.41, 5.74) is 1.05. The van der Waals surface area contributed by atoms with Crippen LogP contribution in [0.1, 0.15) is 15.9 Å². The van der Waals surface area contributed by atoms with Crippen LogP contribution in [0, 0.1) is 0 Å². The molecule has 0 aromatic heterocycles. The molecule has 1 aliphatic rings. The predicted molar refractivity (Wildman–Crippen MR) is 89.8 cm³/mol. The molecule has 0 heterocycles. The Labute approximate surface area is 135 Å². The summed E-state index contributed by atoms with van der Waals surface area (Å²) in [6.07, 6.45) is 2.92. The maximum absolute atomic E-state index is 12.0. The molecule has 0 unspecified atom stereocenters. The van der Waals surface area contributed by atoms with Gasteiger partial charge in [-0.3, -0.25) is 9.59 Å². The second kappa shape index (κ2) is 4.67. The standard InChI is InChI=1S/C18H8Cl2O2/c19-16-10-3-1-2-4-11(10)17(20)14-8-12-9(7-13(14)16)5-6-15(21)18(12)22/h1-8H. The number of halogens is 2. The van der Waals surface area contributed by atoms with E-state index < -0.39 is 11.6 Å². The van der Waals surface area contributed by atoms with Crippen LogP contribution in [0.2, 0.25) is 10.0 Å². The Morgan fingerprint density at radius 3 is 1.95 bits per heavy atom. The highest BCUT2D eigenvalue weighted by atomic mass is 35.5. The molecule has 0 fully saturated rings. The Balaban J connectivity index is 2.21. The van der Waals surface area contributed by atoms with E-state index in [-0.39, 0.29) is 0 Å². The minimum Gasteiger partial charge on any atom is -0.286 e. The van der Waals surface area contributed by atoms with Gasteiger partial charge in [0.15, 0.2) is 0 Å². The number of carbonyl (C=O) groups excluding carboxylic acids is 2. The summed E-state index contributed by atoms with van der Waals surface area (Å²) < 4.78 is 0. The van der Waals surface area contributed by atoms with Gasteiger partial charge in [0, 0.05) is 27.1 Å². The van der Waals surface area contributed by atoms with Crippen molar-refractivity contribution >= 4 is 62.4 Å². The summed E-state index contributed by atoms with van der Waals surface area (Å²) in [5, 5.41) is 4.27. The van der Waals surface area contributed by atoms with Crippen molar-refractivity contribution in [2.45, 2.75) is 0 Å². The van der Waals surface area contributed by atoms with E-state index in [0.717, 1.165) is 16.2 Å². The van der Waals surface area contributed by atoms with E-state index in [2.05, 4.69) is 0 Å². The van der Waals surface area contributed by atoms with Gasteiger partial charge in [0.25, 0.3) is 0 Å². The average molecular weight is 327 g/mol. The molecule has 4 rings (SSSR count). The lowest BCUT2D eigenvalue weighted by Gasteiger charge is -2.14. The third kappa shape index (κ3) is 1.75. The molecule has 0 spiro atoms. The van der Waals surface area contributed by atoms with Gasteiger partial charge in [-0.1, -0.05) is 53.5 Å². The summed E-state index contributed by atoms with van der Waals surface area (Å²) in [7, 11) is 0. The highest BCUT2D eigenvalue weighted by molar-refractivity contribution is 6.51. The van der Waals surface area contributed by atoms with Gasteiger partial charge >= 0.3 is 0 Å². The Morgan fingerprint density at radius 1 is 0.727 bits per heavy atom. The molecule has 0 N–H and O–H groups in total. The quantitative estimate of drug-likeness (QED) is 0.426. The van der Waals surface area contributed by atoms with E-state index in [4.69, 9.17) is 23.2 Å². The number of hydrogen-bond donors (Lipinski definition) is 0. The summed E-state index contributed by atoms with van der Waals surface area (Å²) in [6, 6.07) is 11.0. The Bertz CT molecular complexity index is 1030. The van der Waals surface area contributed by atoms with Gasteiger partial charge in [0.2, 0.25) is 11.6 Å². The highest BCUT2D eigenvalue weighted by Gasteiger charge is 2.23. The van der Waals surface area contributed by atoms with Crippen molar-refractivity contribution in [2.24, 2.45) is 0 Å². The molecule has 1 aliphatic carbocycles. The van der Waals surface area contributed by atoms with E-state index in [0.29, 0.717) is 26.6 Å². The van der Waals surface area contributed by atoms with Gasteiger partial charge in [-0.05, 0) is 23.8 Å². The molecule has 0 amide bonds. The predicted octanol–water partition coefficient (Wildman–Crippen LogP) is 5.08. The van der Waals surface area contributed by atoms with Crippen molar-refractivity contribution in [2.75, 3.05) is 0 Å². The number of benzene rings is 3. The van der Waals surface area contributed by atoms with E-state index in [9.17, 15) is 9.59 Å². The number of fused-ring (bicyclic) bond motifs is 3. The van der Waals surface area contributed by atoms with Crippen LogP contribution in [0.4, 0.5) is 0 Å². The van der Waals surface area contributed by atoms with Gasteiger partial charge in [-0.25, -0.2) is 0 Å². The Morgan fingerprint density at radius 2 is 1.32 bits per heavy atom. The molecule has 0 aliphatic heterocycles. The first-order chi connectivity index (χ1) is 10.6. The van der Waals surface area contributed by atoms with Crippen LogP contribution in [0.3, 0.4) is 0 Å². The van der Waals surface area contributed by atoms with Gasteiger partial charge in [-0.2, -0.15) is 0 Å². The highest BCUT2D eigenvalue weighted by Crippen LogP contribution is 2.40. The lowest BCUT2D eigenvalue weighted by molar-refractivity contribution is -0.110. The molecular formula is C18H8Cl2O2. The normalized spacial score (nSPS) is 13.9. The summed E-state index contributed by atoms with van der Waals surface area (Å²) in [4.78, 5) is 23.6. The maximum Gasteiger partial charge on any atom is 0.233 e. The molecular weight excluding hydrogens is 319 g/mol. The number of carbonyl (C=O) groups is 2. The van der Waals surface area contributed by atoms with Crippen molar-refractivity contribution < 1.29 is 9.59 Å². The van der Waals surface area contributed by atoms with Crippen LogP contribution in [-0.2, 0) is 4.79 Å². The molecule has 0 saturated heterocycles. The minimum absolute atomic E-state index is 0.369. The summed E-state index contributed by atoms with van der Waals surface area (Å²) in [5.74, 6) is -1.03. The number of ketones is 2. The molecule has 3 aromatic rings. The molecule has 2 nitrogen and oxygen atoms in total. The van der Waals surface area contributed by atoms with E-state index in [1.165, 1.54) is 6.08 Å². The largest absolute Gasteiger partial charge is 0.286 e. The third-order valence-electron chi connectivity index (χ3n) is 3.95. The number of hydrogen-bond acceptors (Lipinski definition) is 2. The van der Waals surface area contributed by atoms with Crippen LogP contribution < -0.4 is 0 Å². The van der Waals surface area contributed by atoms with Crippen molar-refractivity contribution in [3.05, 3.63) is 63.6 Å². The second-order valence-electron chi connectivity index (χ2n) is 5.19. The molecule has 106 valence electrons. The zero-order chi connectivity index (χ0) is 15.4. The first kappa shape index (κ1) is 13.5. The van der Waals surface area contributed by atoms with Crippen molar-refractivity contribution in [3.8, 4) is 0 Å². The SMILES string of the molecule is O=C1C=Cc2cc3c(Cl)c4ccccc4c(Cl)c3cc2C1=O. The van der Waals surface area contributed by atoms with Crippen LogP contribution in [0.5, 0.6) is 0 Å². The van der Waals surface area contributed by atoms with E-state index in [1.54, 1.807) is 12.1 Å². The summed E-state index contributed by atoms with van der Waals surface area (Å²) >= 11 is 13.0. The van der Waals surface area contributed by atoms with Crippen LogP contribution >= 0.6 is 23.2 Å². The third-order valence-corrected chi connectivity index (χ3v) is 4.76. The Hall–Kier alpha value is -2.16. The van der Waals surface area contributed by atoms with Crippen molar-refractivity contribution in [3.63, 3.8) is 0 Å². The molecule has 4 heteroatoms. The average Bonchev–Trinajstić information content (AvgIpc) is 2.55. The molecule has 0 saturated carbocycles. The first-order valence-electron chi connectivity index (χ1n) is 6.68. The van der Waals surface area contributed by atoms with E-state index in [1.807, 2.05) is 30.3 Å². The number of Topliss-reactive ketones (excluding diaryl/α,β-unsaturated/α-hetero) is 1. The maximum atomic E-state index is 12.0. The van der Waals surface area contributed by atoms with Gasteiger partial charge in [0.1, 0.15) is 0 Å². The molecule has 0 atom stereocenters. The summed E-state index contributed by atoms with van der Waals surface area (Å²) in [6.45, 7) is 0. The first-order valence-corrected chi connectivity index (χ1v) is 7.43. The molecule has 0 bridgehead atoms. The Kier molecular flexibility index (Phi) is 2.86. The lowest BCUT2D eigenvalue weighted by Crippen LogP contribution is -2.16. The number of allylic oxidation sites excluding steroid dienone is 1. The smallest absolute Gasteiger partial charge is 0.233 e. The fraction of sp³-hybridized carbons (Fsp3) is 0. The van der Waals surface area contributed by atoms with E-state index >= 15 is 0 Å². The monoisotopic (exact) mass is 326 g/mol.